The van der Waals surface area contributed by atoms with Crippen LogP contribution in [0.3, 0.4) is 0 Å². The van der Waals surface area contributed by atoms with Gasteiger partial charge in [0.15, 0.2) is 6.10 Å². The first-order valence-electron chi connectivity index (χ1n) is 7.34. The Balaban J connectivity index is 2.94. The van der Waals surface area contributed by atoms with E-state index in [1.165, 1.54) is 34.1 Å². The first kappa shape index (κ1) is 19.9. The second-order valence-electron chi connectivity index (χ2n) is 5.23. The summed E-state index contributed by atoms with van der Waals surface area (Å²) in [5, 5.41) is 0. The second kappa shape index (κ2) is 9.24. The van der Waals surface area contributed by atoms with Gasteiger partial charge in [0.25, 0.3) is 0 Å². The molecule has 0 aromatic carbocycles. The van der Waals surface area contributed by atoms with Gasteiger partial charge in [0, 0.05) is 33.4 Å². The van der Waals surface area contributed by atoms with Gasteiger partial charge in [0.05, 0.1) is 7.11 Å². The molecule has 0 aromatic rings. The Morgan fingerprint density at radius 1 is 1.29 bits per heavy atom. The lowest BCUT2D eigenvalue weighted by Gasteiger charge is -2.35. The fraction of sp³-hybridized carbons (Fsp3) is 0.667. The summed E-state index contributed by atoms with van der Waals surface area (Å²) in [6.07, 6.45) is -0.638. The van der Waals surface area contributed by atoms with Crippen molar-refractivity contribution >= 4 is 17.9 Å². The summed E-state index contributed by atoms with van der Waals surface area (Å²) in [6.45, 7) is 2.25. The molecule has 0 spiro atoms. The van der Waals surface area contributed by atoms with E-state index in [1.807, 2.05) is 0 Å². The lowest BCUT2D eigenvalue weighted by Crippen LogP contribution is -2.49. The highest BCUT2D eigenvalue weighted by atomic mass is 16.6. The van der Waals surface area contributed by atoms with Crippen LogP contribution in [0.25, 0.3) is 0 Å². The molecule has 1 aliphatic rings. The molecule has 4 unspecified atom stereocenters. The SMILES string of the molecule is COC(=O)C1=CC(N)CC(C(OC)C(COC(C)=O)OC(C)=O)O1. The Morgan fingerprint density at radius 2 is 1.96 bits per heavy atom. The maximum absolute atomic E-state index is 11.7. The van der Waals surface area contributed by atoms with Crippen molar-refractivity contribution in [3.8, 4) is 0 Å². The predicted octanol–water partition coefficient (Wildman–Crippen LogP) is -0.331. The molecule has 24 heavy (non-hydrogen) atoms. The average Bonchev–Trinajstić information content (AvgIpc) is 2.51. The molecular formula is C15H23NO8. The predicted molar refractivity (Wildman–Crippen MR) is 80.5 cm³/mol. The first-order valence-corrected chi connectivity index (χ1v) is 7.34. The van der Waals surface area contributed by atoms with E-state index < -0.39 is 42.3 Å². The van der Waals surface area contributed by atoms with Gasteiger partial charge in [-0.15, -0.1) is 0 Å². The molecule has 0 saturated heterocycles. The summed E-state index contributed by atoms with van der Waals surface area (Å²) in [5.41, 5.74) is 5.91. The third-order valence-corrected chi connectivity index (χ3v) is 3.31. The molecule has 9 heteroatoms. The van der Waals surface area contributed by atoms with Crippen LogP contribution in [-0.2, 0) is 38.1 Å². The van der Waals surface area contributed by atoms with E-state index in [2.05, 4.69) is 4.74 Å². The molecule has 0 saturated carbocycles. The number of nitrogens with two attached hydrogens (primary N) is 1. The van der Waals surface area contributed by atoms with Crippen molar-refractivity contribution in [2.45, 2.75) is 44.6 Å². The van der Waals surface area contributed by atoms with Gasteiger partial charge in [-0.25, -0.2) is 4.79 Å². The first-order chi connectivity index (χ1) is 11.3. The van der Waals surface area contributed by atoms with Gasteiger partial charge in [0.1, 0.15) is 18.8 Å². The van der Waals surface area contributed by atoms with Crippen LogP contribution in [0.2, 0.25) is 0 Å². The van der Waals surface area contributed by atoms with E-state index in [0.29, 0.717) is 6.42 Å². The maximum Gasteiger partial charge on any atom is 0.373 e. The van der Waals surface area contributed by atoms with Crippen molar-refractivity contribution in [3.63, 3.8) is 0 Å². The van der Waals surface area contributed by atoms with Crippen molar-refractivity contribution in [3.05, 3.63) is 11.8 Å². The number of esters is 3. The van der Waals surface area contributed by atoms with Gasteiger partial charge >= 0.3 is 17.9 Å². The largest absolute Gasteiger partial charge is 0.480 e. The minimum atomic E-state index is -0.911. The van der Waals surface area contributed by atoms with Crippen molar-refractivity contribution in [2.75, 3.05) is 20.8 Å². The van der Waals surface area contributed by atoms with Gasteiger partial charge in [-0.3, -0.25) is 9.59 Å². The molecule has 0 bridgehead atoms. The molecule has 9 nitrogen and oxygen atoms in total. The van der Waals surface area contributed by atoms with Crippen molar-refractivity contribution < 1.29 is 38.1 Å². The smallest absolute Gasteiger partial charge is 0.373 e. The quantitative estimate of drug-likeness (QED) is 0.488. The number of ether oxygens (including phenoxy) is 5. The van der Waals surface area contributed by atoms with Crippen molar-refractivity contribution in [1.29, 1.82) is 0 Å². The molecule has 0 aliphatic carbocycles. The van der Waals surface area contributed by atoms with E-state index in [4.69, 9.17) is 24.7 Å². The minimum Gasteiger partial charge on any atom is -0.480 e. The molecule has 1 aliphatic heterocycles. The van der Waals surface area contributed by atoms with Crippen LogP contribution in [0.1, 0.15) is 20.3 Å². The van der Waals surface area contributed by atoms with Crippen LogP contribution in [0.15, 0.2) is 11.8 Å². The fourth-order valence-electron chi connectivity index (χ4n) is 2.35. The third kappa shape index (κ3) is 5.82. The molecule has 136 valence electrons. The van der Waals surface area contributed by atoms with Crippen molar-refractivity contribution in [1.82, 2.24) is 0 Å². The number of hydrogen-bond donors (Lipinski definition) is 1. The molecule has 4 atom stereocenters. The van der Waals surface area contributed by atoms with Crippen LogP contribution < -0.4 is 5.73 Å². The highest BCUT2D eigenvalue weighted by molar-refractivity contribution is 5.86. The fourth-order valence-corrected chi connectivity index (χ4v) is 2.35. The van der Waals surface area contributed by atoms with Crippen LogP contribution in [0.5, 0.6) is 0 Å². The average molecular weight is 345 g/mol. The molecule has 0 radical (unpaired) electrons. The molecular weight excluding hydrogens is 322 g/mol. The highest BCUT2D eigenvalue weighted by Crippen LogP contribution is 2.24. The summed E-state index contributed by atoms with van der Waals surface area (Å²) >= 11 is 0. The maximum atomic E-state index is 11.7. The molecule has 0 amide bonds. The lowest BCUT2D eigenvalue weighted by atomic mass is 9.98. The van der Waals surface area contributed by atoms with E-state index in [9.17, 15) is 14.4 Å². The van der Waals surface area contributed by atoms with E-state index in [1.54, 1.807) is 0 Å². The Morgan fingerprint density at radius 3 is 2.46 bits per heavy atom. The molecule has 1 heterocycles. The van der Waals surface area contributed by atoms with E-state index >= 15 is 0 Å². The number of carbonyl (C=O) groups excluding carboxylic acids is 3. The Bertz CT molecular complexity index is 504. The van der Waals surface area contributed by atoms with Crippen molar-refractivity contribution in [2.24, 2.45) is 5.73 Å². The second-order valence-corrected chi connectivity index (χ2v) is 5.23. The van der Waals surface area contributed by atoms with Gasteiger partial charge in [-0.2, -0.15) is 0 Å². The van der Waals surface area contributed by atoms with Gasteiger partial charge < -0.3 is 29.4 Å². The number of rotatable bonds is 7. The van der Waals surface area contributed by atoms with Crippen LogP contribution in [-0.4, -0.2) is 63.1 Å². The number of hydrogen-bond acceptors (Lipinski definition) is 9. The van der Waals surface area contributed by atoms with Crippen LogP contribution >= 0.6 is 0 Å². The monoisotopic (exact) mass is 345 g/mol. The van der Waals surface area contributed by atoms with Gasteiger partial charge in [-0.05, 0) is 6.08 Å². The minimum absolute atomic E-state index is 0.0441. The standard InChI is InChI=1S/C15H23NO8/c1-8(17)22-7-13(23-9(2)18)14(20-3)11-5-10(16)6-12(24-11)15(19)21-4/h6,10-11,13-14H,5,7,16H2,1-4H3. The Kier molecular flexibility index (Phi) is 7.66. The topological polar surface area (TPSA) is 123 Å². The van der Waals surface area contributed by atoms with Gasteiger partial charge in [0.2, 0.25) is 5.76 Å². The summed E-state index contributed by atoms with van der Waals surface area (Å²) in [6, 6.07) is -0.470. The normalized spacial score (nSPS) is 22.5. The summed E-state index contributed by atoms with van der Waals surface area (Å²) in [5.74, 6) is -1.82. The Labute approximate surface area is 140 Å². The summed E-state index contributed by atoms with van der Waals surface area (Å²) in [7, 11) is 2.61. The van der Waals surface area contributed by atoms with Crippen LogP contribution in [0.4, 0.5) is 0 Å². The summed E-state index contributed by atoms with van der Waals surface area (Å²) < 4.78 is 25.6. The summed E-state index contributed by atoms with van der Waals surface area (Å²) in [4.78, 5) is 34.0. The third-order valence-electron chi connectivity index (χ3n) is 3.31. The molecule has 0 aromatic heterocycles. The van der Waals surface area contributed by atoms with E-state index in [0.717, 1.165) is 0 Å². The lowest BCUT2D eigenvalue weighted by molar-refractivity contribution is -0.175. The molecule has 0 fully saturated rings. The van der Waals surface area contributed by atoms with E-state index in [-0.39, 0.29) is 12.4 Å². The molecule has 1 rings (SSSR count). The number of carbonyl (C=O) groups is 3. The van der Waals surface area contributed by atoms with Gasteiger partial charge in [-0.1, -0.05) is 0 Å². The number of methoxy groups -OCH3 is 2. The zero-order valence-corrected chi connectivity index (χ0v) is 14.1. The van der Waals surface area contributed by atoms with Crippen LogP contribution in [0, 0.1) is 0 Å². The zero-order valence-electron chi connectivity index (χ0n) is 14.1. The molecule has 2 N–H and O–H groups in total. The highest BCUT2D eigenvalue weighted by Gasteiger charge is 2.38. The Hall–Kier alpha value is -2.13. The zero-order chi connectivity index (χ0) is 18.3.